The summed E-state index contributed by atoms with van der Waals surface area (Å²) in [5.74, 6) is -0.900. The summed E-state index contributed by atoms with van der Waals surface area (Å²) in [6.07, 6.45) is 0.523. The van der Waals surface area contributed by atoms with E-state index in [1.807, 2.05) is 0 Å². The van der Waals surface area contributed by atoms with Crippen molar-refractivity contribution in [1.82, 2.24) is 0 Å². The van der Waals surface area contributed by atoms with Gasteiger partial charge in [0.15, 0.2) is 0 Å². The number of carboxylic acids is 1. The van der Waals surface area contributed by atoms with Crippen LogP contribution in [0.15, 0.2) is 12.2 Å². The summed E-state index contributed by atoms with van der Waals surface area (Å²) >= 11 is 0. The molecule has 0 radical (unpaired) electrons. The second-order valence-electron chi connectivity index (χ2n) is 1.26. The molecule has 0 aromatic carbocycles. The van der Waals surface area contributed by atoms with Crippen LogP contribution in [-0.4, -0.2) is 18.9 Å². The molecule has 1 N–H and O–H groups in total. The Labute approximate surface area is 43.3 Å². The Balaban J connectivity index is 3.58. The van der Waals surface area contributed by atoms with Gasteiger partial charge in [-0.2, -0.15) is 0 Å². The van der Waals surface area contributed by atoms with E-state index in [0.29, 0.717) is 6.32 Å². The quantitative estimate of drug-likeness (QED) is 0.379. The van der Waals surface area contributed by atoms with E-state index in [4.69, 9.17) is 5.11 Å². The topological polar surface area (TPSA) is 37.3 Å². The Kier molecular flexibility index (Phi) is 2.19. The maximum Gasteiger partial charge on any atom is 0.330 e. The van der Waals surface area contributed by atoms with Crippen LogP contribution in [0.2, 0.25) is 6.32 Å². The number of carboxylic acid groups (broad SMARTS) is 1. The molecule has 0 saturated carbocycles. The van der Waals surface area contributed by atoms with Crippen molar-refractivity contribution in [1.29, 1.82) is 0 Å². The van der Waals surface area contributed by atoms with E-state index < -0.39 is 5.97 Å². The van der Waals surface area contributed by atoms with Gasteiger partial charge < -0.3 is 5.11 Å². The fraction of sp³-hybridized carbons (Fsp3) is 0.250. The molecule has 0 saturated heterocycles. The Morgan fingerprint density at radius 3 is 2.29 bits per heavy atom. The normalized spacial score (nSPS) is 8.00. The van der Waals surface area contributed by atoms with Crippen LogP contribution in [0.5, 0.6) is 0 Å². The fourth-order valence-electron chi connectivity index (χ4n) is 0.151. The maximum atomic E-state index is 9.83. The molecule has 0 unspecified atom stereocenters. The molecule has 0 aromatic heterocycles. The van der Waals surface area contributed by atoms with Gasteiger partial charge in [-0.25, -0.2) is 4.79 Å². The van der Waals surface area contributed by atoms with Crippen molar-refractivity contribution in [3.63, 3.8) is 0 Å². The molecule has 0 rings (SSSR count). The first-order valence-electron chi connectivity index (χ1n) is 2.09. The molecule has 0 aliphatic carbocycles. The SMILES string of the molecule is BCC(=C)C(=O)O. The van der Waals surface area contributed by atoms with Gasteiger partial charge in [0.25, 0.3) is 0 Å². The maximum absolute atomic E-state index is 9.83. The van der Waals surface area contributed by atoms with Gasteiger partial charge in [0.05, 0.1) is 0 Å². The minimum atomic E-state index is -0.900. The Hall–Kier alpha value is -0.725. The van der Waals surface area contributed by atoms with Gasteiger partial charge >= 0.3 is 5.97 Å². The highest BCUT2D eigenvalue weighted by Gasteiger charge is 1.96. The third-order valence-electron chi connectivity index (χ3n) is 0.729. The molecular formula is C4H7BO2. The predicted octanol–water partition coefficient (Wildman–Crippen LogP) is -0.321. The number of hydrogen-bond acceptors (Lipinski definition) is 1. The van der Waals surface area contributed by atoms with Crippen LogP contribution in [-0.2, 0) is 4.79 Å². The smallest absolute Gasteiger partial charge is 0.330 e. The summed E-state index contributed by atoms with van der Waals surface area (Å²) in [4.78, 5) is 9.83. The van der Waals surface area contributed by atoms with Crippen LogP contribution in [0.25, 0.3) is 0 Å². The van der Waals surface area contributed by atoms with Gasteiger partial charge in [-0.05, 0) is 0 Å². The highest BCUT2D eigenvalue weighted by atomic mass is 16.4. The molecule has 0 spiro atoms. The van der Waals surface area contributed by atoms with Crippen LogP contribution in [0.1, 0.15) is 0 Å². The van der Waals surface area contributed by atoms with Gasteiger partial charge in [-0.3, -0.25) is 0 Å². The highest BCUT2D eigenvalue weighted by molar-refractivity contribution is 6.13. The van der Waals surface area contributed by atoms with Crippen molar-refractivity contribution >= 4 is 13.8 Å². The molecule has 2 nitrogen and oxygen atoms in total. The highest BCUT2D eigenvalue weighted by Crippen LogP contribution is 1.91. The van der Waals surface area contributed by atoms with Gasteiger partial charge in [0, 0.05) is 5.57 Å². The van der Waals surface area contributed by atoms with Crippen LogP contribution in [0.4, 0.5) is 0 Å². The second kappa shape index (κ2) is 2.45. The van der Waals surface area contributed by atoms with Gasteiger partial charge in [0.1, 0.15) is 7.85 Å². The van der Waals surface area contributed by atoms with Crippen molar-refractivity contribution < 1.29 is 9.90 Å². The lowest BCUT2D eigenvalue weighted by Gasteiger charge is -1.87. The van der Waals surface area contributed by atoms with Crippen molar-refractivity contribution in [2.24, 2.45) is 0 Å². The van der Waals surface area contributed by atoms with Crippen molar-refractivity contribution in [3.05, 3.63) is 12.2 Å². The zero-order valence-electron chi connectivity index (χ0n) is 4.27. The summed E-state index contributed by atoms with van der Waals surface area (Å²) in [5, 5.41) is 8.08. The van der Waals surface area contributed by atoms with Crippen LogP contribution in [0, 0.1) is 0 Å². The zero-order valence-corrected chi connectivity index (χ0v) is 4.27. The van der Waals surface area contributed by atoms with E-state index in [9.17, 15) is 4.79 Å². The molecular weight excluding hydrogens is 90.9 g/mol. The summed E-state index contributed by atoms with van der Waals surface area (Å²) in [5.41, 5.74) is 0.264. The molecule has 0 aromatic rings. The number of rotatable bonds is 2. The minimum Gasteiger partial charge on any atom is -0.478 e. The first-order valence-corrected chi connectivity index (χ1v) is 2.09. The summed E-state index contributed by atoms with van der Waals surface area (Å²) in [6, 6.07) is 0. The number of hydrogen-bond donors (Lipinski definition) is 1. The monoisotopic (exact) mass is 98.1 g/mol. The van der Waals surface area contributed by atoms with E-state index >= 15 is 0 Å². The van der Waals surface area contributed by atoms with Gasteiger partial charge in [-0.15, -0.1) is 0 Å². The average Bonchev–Trinajstić information content (AvgIpc) is 1.65. The lowest BCUT2D eigenvalue weighted by molar-refractivity contribution is -0.132. The Bertz CT molecular complexity index is 97.9. The minimum absolute atomic E-state index is 0.264. The van der Waals surface area contributed by atoms with Crippen LogP contribution in [0.3, 0.4) is 0 Å². The number of aliphatic carboxylic acids is 1. The van der Waals surface area contributed by atoms with E-state index in [1.165, 1.54) is 0 Å². The van der Waals surface area contributed by atoms with E-state index in [0.717, 1.165) is 0 Å². The first-order chi connectivity index (χ1) is 3.18. The third-order valence-corrected chi connectivity index (χ3v) is 0.729. The molecule has 0 atom stereocenters. The lowest BCUT2D eigenvalue weighted by Crippen LogP contribution is -1.96. The third kappa shape index (κ3) is 2.03. The van der Waals surface area contributed by atoms with E-state index in [-0.39, 0.29) is 5.57 Å². The molecule has 7 heavy (non-hydrogen) atoms. The predicted molar refractivity (Wildman–Crippen MR) is 30.1 cm³/mol. The summed E-state index contributed by atoms with van der Waals surface area (Å²) in [6.45, 7) is 3.27. The molecule has 0 aliphatic heterocycles. The molecule has 0 fully saturated rings. The first kappa shape index (κ1) is 6.27. The molecule has 0 aliphatic rings. The van der Waals surface area contributed by atoms with Crippen molar-refractivity contribution in [2.75, 3.05) is 0 Å². The molecule has 0 amide bonds. The molecule has 0 bridgehead atoms. The van der Waals surface area contributed by atoms with Crippen molar-refractivity contribution in [2.45, 2.75) is 6.32 Å². The fourth-order valence-corrected chi connectivity index (χ4v) is 0.151. The van der Waals surface area contributed by atoms with Crippen LogP contribution < -0.4 is 0 Å². The average molecular weight is 97.9 g/mol. The summed E-state index contributed by atoms with van der Waals surface area (Å²) < 4.78 is 0. The van der Waals surface area contributed by atoms with Gasteiger partial charge in [0.2, 0.25) is 0 Å². The molecule has 3 heteroatoms. The van der Waals surface area contributed by atoms with E-state index in [2.05, 4.69) is 6.58 Å². The standard InChI is InChI=1S/C4H7BO2/c1-3(2-5)4(6)7/h1-2,5H2,(H,6,7). The van der Waals surface area contributed by atoms with E-state index in [1.54, 1.807) is 7.85 Å². The lowest BCUT2D eigenvalue weighted by atomic mass is 9.98. The van der Waals surface area contributed by atoms with Gasteiger partial charge in [-0.1, -0.05) is 12.9 Å². The summed E-state index contributed by atoms with van der Waals surface area (Å²) in [7, 11) is 1.76. The molecule has 38 valence electrons. The Morgan fingerprint density at radius 1 is 1.86 bits per heavy atom. The van der Waals surface area contributed by atoms with Crippen molar-refractivity contribution in [3.8, 4) is 0 Å². The largest absolute Gasteiger partial charge is 0.478 e. The second-order valence-corrected chi connectivity index (χ2v) is 1.26. The molecule has 0 heterocycles. The Morgan fingerprint density at radius 2 is 2.29 bits per heavy atom. The number of carbonyl (C=O) groups is 1. The van der Waals surface area contributed by atoms with Crippen LogP contribution >= 0.6 is 0 Å². The zero-order chi connectivity index (χ0) is 5.86.